The maximum Gasteiger partial charge on any atom is 0.438 e. The molecule has 11 rings (SSSR count). The molecule has 2 atom stereocenters. The number of imidazole rings is 1. The number of nitrogens with zero attached hydrogens (tertiary/aromatic N) is 9. The van der Waals surface area contributed by atoms with Gasteiger partial charge in [0.1, 0.15) is 22.9 Å². The van der Waals surface area contributed by atoms with E-state index in [2.05, 4.69) is 33.4 Å². The first-order valence-electron chi connectivity index (χ1n) is 21.2. The first-order valence-corrected chi connectivity index (χ1v) is 21.2. The van der Waals surface area contributed by atoms with Crippen LogP contribution >= 0.6 is 0 Å². The van der Waals surface area contributed by atoms with Gasteiger partial charge in [-0.15, -0.1) is 0 Å². The Morgan fingerprint density at radius 2 is 1.75 bits per heavy atom. The molecular formula is C46H45FN10O6. The second-order valence-corrected chi connectivity index (χ2v) is 17.2. The van der Waals surface area contributed by atoms with Gasteiger partial charge in [-0.1, -0.05) is 11.2 Å². The molecule has 0 radical (unpaired) electrons. The van der Waals surface area contributed by atoms with Crippen LogP contribution in [0.4, 0.5) is 4.39 Å². The molecule has 322 valence electrons. The van der Waals surface area contributed by atoms with Gasteiger partial charge in [-0.25, -0.2) is 18.7 Å². The maximum absolute atomic E-state index is 15.4. The van der Waals surface area contributed by atoms with Crippen LogP contribution in [0, 0.1) is 25.6 Å². The lowest BCUT2D eigenvalue weighted by Gasteiger charge is -2.29. The monoisotopic (exact) mass is 852 g/mol. The lowest BCUT2D eigenvalue weighted by Crippen LogP contribution is -2.39. The first-order chi connectivity index (χ1) is 30.5. The van der Waals surface area contributed by atoms with Crippen LogP contribution in [-0.4, -0.2) is 87.7 Å². The van der Waals surface area contributed by atoms with Gasteiger partial charge in [0, 0.05) is 80.5 Å². The van der Waals surface area contributed by atoms with Gasteiger partial charge in [0.05, 0.1) is 41.9 Å². The molecule has 3 aliphatic rings. The summed E-state index contributed by atoms with van der Waals surface area (Å²) in [7, 11) is 3.50. The summed E-state index contributed by atoms with van der Waals surface area (Å²) in [5, 5.41) is 15.4. The number of amides is 1. The lowest BCUT2D eigenvalue weighted by atomic mass is 9.91. The molecule has 63 heavy (non-hydrogen) atoms. The number of nitrogens with one attached hydrogen (secondary N) is 1. The molecular weight excluding hydrogens is 808 g/mol. The summed E-state index contributed by atoms with van der Waals surface area (Å²) in [5.41, 5.74) is 5.65. The van der Waals surface area contributed by atoms with Crippen LogP contribution < -0.4 is 11.4 Å². The number of hydrogen-bond acceptors (Lipinski definition) is 9. The molecule has 2 fully saturated rings. The highest BCUT2D eigenvalue weighted by Gasteiger charge is 2.61. The molecule has 1 N–H and O–H groups in total. The van der Waals surface area contributed by atoms with Crippen molar-refractivity contribution >= 4 is 27.7 Å². The predicted molar refractivity (Wildman–Crippen MR) is 230 cm³/mol. The van der Waals surface area contributed by atoms with Gasteiger partial charge in [0.25, 0.3) is 5.91 Å². The fraction of sp³-hybridized carbons (Fsp3) is 0.348. The highest BCUT2D eigenvalue weighted by atomic mass is 19.1. The lowest BCUT2D eigenvalue weighted by molar-refractivity contribution is 0.0719. The van der Waals surface area contributed by atoms with E-state index in [-0.39, 0.29) is 29.9 Å². The molecule has 1 amide bonds. The highest BCUT2D eigenvalue weighted by Crippen LogP contribution is 2.56. The van der Waals surface area contributed by atoms with E-state index in [4.69, 9.17) is 19.1 Å². The fourth-order valence-corrected chi connectivity index (χ4v) is 10.1. The molecule has 1 saturated heterocycles. The number of benzene rings is 3. The van der Waals surface area contributed by atoms with E-state index in [1.807, 2.05) is 35.9 Å². The fourth-order valence-electron chi connectivity index (χ4n) is 10.1. The number of fused-ring (bicyclic) bond motifs is 3. The Bertz CT molecular complexity index is 3230. The number of methoxy groups -OCH3 is 1. The number of carbonyl (C=O) groups is 1. The van der Waals surface area contributed by atoms with Crippen molar-refractivity contribution in [3.63, 3.8) is 0 Å². The van der Waals surface area contributed by atoms with Crippen LogP contribution in [0.15, 0.2) is 87.3 Å². The first kappa shape index (κ1) is 39.0. The van der Waals surface area contributed by atoms with Gasteiger partial charge < -0.3 is 18.9 Å². The average molecular weight is 853 g/mol. The van der Waals surface area contributed by atoms with E-state index < -0.39 is 11.3 Å². The third kappa shape index (κ3) is 6.15. The summed E-state index contributed by atoms with van der Waals surface area (Å²) in [5.74, 6) is -0.228. The van der Waals surface area contributed by atoms with Crippen molar-refractivity contribution in [3.8, 4) is 17.2 Å². The topological polar surface area (TPSA) is 165 Å². The number of aryl methyl sites for hydroxylation is 3. The van der Waals surface area contributed by atoms with Crippen LogP contribution in [-0.2, 0) is 35.0 Å². The second-order valence-electron chi connectivity index (χ2n) is 17.2. The van der Waals surface area contributed by atoms with Gasteiger partial charge >= 0.3 is 11.4 Å². The number of halogens is 1. The minimum atomic E-state index is -0.917. The minimum Gasteiger partial charge on any atom is -0.384 e. The van der Waals surface area contributed by atoms with Crippen LogP contribution in [0.5, 0.6) is 0 Å². The number of carbonyl (C=O) groups excluding carboxylic acids is 1. The maximum atomic E-state index is 15.4. The van der Waals surface area contributed by atoms with Crippen molar-refractivity contribution in [2.75, 3.05) is 33.5 Å². The van der Waals surface area contributed by atoms with Crippen LogP contribution in [0.25, 0.3) is 39.0 Å². The van der Waals surface area contributed by atoms with E-state index in [1.54, 1.807) is 75.1 Å². The summed E-state index contributed by atoms with van der Waals surface area (Å²) < 4.78 is 40.0. The van der Waals surface area contributed by atoms with Gasteiger partial charge in [0.2, 0.25) is 0 Å². The Kier molecular flexibility index (Phi) is 9.06. The van der Waals surface area contributed by atoms with Crippen molar-refractivity contribution in [3.05, 3.63) is 140 Å². The zero-order valence-corrected chi connectivity index (χ0v) is 35.3. The summed E-state index contributed by atoms with van der Waals surface area (Å²) in [6.07, 6.45) is 7.95. The summed E-state index contributed by atoms with van der Waals surface area (Å²) in [4.78, 5) is 47.0. The Morgan fingerprint density at radius 3 is 2.51 bits per heavy atom. The molecule has 17 heteroatoms. The molecule has 16 nitrogen and oxygen atoms in total. The van der Waals surface area contributed by atoms with E-state index in [1.165, 1.54) is 5.56 Å². The number of rotatable bonds is 9. The standard InChI is InChI=1S/C46H45FN10O6/c1-26-17-34(18-27(2)40(26)47)57-41(55-14-13-54(45(55)60)33-6-8-37-31(20-33)23-48-52(37)3)35-24-53(12-9-36(35)50-57)42(58)39-21-30-19-29(28-10-15-62-16-11-28)5-7-38(30)56(39)46(22-32(46)25-61-4)43-49-44(59)63-51-43/h5-8,13-14,17-21,23,28,32H,9-12,15-16,22,24-25H2,1-4H3,(H,49,51,59)/t32-,46+/m1/s1. The van der Waals surface area contributed by atoms with Crippen molar-refractivity contribution in [2.24, 2.45) is 13.0 Å². The molecule has 0 spiro atoms. The Hall–Kier alpha value is -6.85. The zero-order valence-electron chi connectivity index (χ0n) is 35.3. The smallest absolute Gasteiger partial charge is 0.384 e. The number of hydrogen-bond donors (Lipinski definition) is 1. The quantitative estimate of drug-likeness (QED) is 0.195. The Balaban J connectivity index is 1.04. The molecule has 0 bridgehead atoms. The predicted octanol–water partition coefficient (Wildman–Crippen LogP) is 5.59. The molecule has 3 aromatic carbocycles. The molecule has 0 unspecified atom stereocenters. The molecule has 7 heterocycles. The van der Waals surface area contributed by atoms with Crippen LogP contribution in [0.1, 0.15) is 69.4 Å². The van der Waals surface area contributed by atoms with E-state index in [0.717, 1.165) is 40.3 Å². The third-order valence-corrected chi connectivity index (χ3v) is 13.4. The van der Waals surface area contributed by atoms with Crippen molar-refractivity contribution in [1.29, 1.82) is 0 Å². The van der Waals surface area contributed by atoms with Gasteiger partial charge in [-0.05, 0) is 104 Å². The summed E-state index contributed by atoms with van der Waals surface area (Å²) in [6, 6.07) is 17.4. The molecule has 1 aliphatic carbocycles. The zero-order chi connectivity index (χ0) is 43.3. The Labute approximate surface area is 359 Å². The Morgan fingerprint density at radius 1 is 0.968 bits per heavy atom. The van der Waals surface area contributed by atoms with E-state index in [0.29, 0.717) is 90.5 Å². The largest absolute Gasteiger partial charge is 0.438 e. The van der Waals surface area contributed by atoms with Gasteiger partial charge in [-0.2, -0.15) is 10.2 Å². The normalized spacial score (nSPS) is 19.1. The van der Waals surface area contributed by atoms with Crippen molar-refractivity contribution in [1.82, 2.24) is 48.3 Å². The summed E-state index contributed by atoms with van der Waals surface area (Å²) in [6.45, 7) is 5.64. The third-order valence-electron chi connectivity index (χ3n) is 13.4. The van der Waals surface area contributed by atoms with Gasteiger partial charge in [0.15, 0.2) is 5.82 Å². The van der Waals surface area contributed by atoms with Crippen LogP contribution in [0.3, 0.4) is 0 Å². The molecule has 5 aromatic heterocycles. The molecule has 2 aliphatic heterocycles. The summed E-state index contributed by atoms with van der Waals surface area (Å²) >= 11 is 0. The van der Waals surface area contributed by atoms with Crippen molar-refractivity contribution in [2.45, 2.75) is 57.5 Å². The number of ether oxygens (including phenoxy) is 2. The van der Waals surface area contributed by atoms with Crippen molar-refractivity contribution < 1.29 is 23.2 Å². The second kappa shape index (κ2) is 14.6. The molecule has 1 saturated carbocycles. The molecule has 8 aromatic rings. The van der Waals surface area contributed by atoms with E-state index >= 15 is 9.18 Å². The SMILES string of the molecule is COC[C@H]1C[C@]1(c1noc(=O)[nH]1)n1c(C(=O)N2CCc3nn(-c4cc(C)c(F)c(C)c4)c(-n4ccn(-c5ccc6c(cnn6C)c5)c4=O)c3C2)cc2cc(C3CCOCC3)ccc21. The van der Waals surface area contributed by atoms with E-state index in [9.17, 15) is 9.59 Å². The number of H-pyrrole nitrogens is 1. The number of aromatic nitrogens is 9. The highest BCUT2D eigenvalue weighted by molar-refractivity contribution is 5.99. The minimum absolute atomic E-state index is 0.115. The number of aromatic amines is 1. The van der Waals surface area contributed by atoms with Crippen LogP contribution in [0.2, 0.25) is 0 Å². The van der Waals surface area contributed by atoms with Gasteiger partial charge in [-0.3, -0.25) is 28.1 Å². The average Bonchev–Trinajstić information content (AvgIpc) is 3.88.